The van der Waals surface area contributed by atoms with E-state index >= 15 is 0 Å². The zero-order valence-corrected chi connectivity index (χ0v) is 10.9. The van der Waals surface area contributed by atoms with Crippen molar-refractivity contribution in [3.63, 3.8) is 0 Å². The van der Waals surface area contributed by atoms with Crippen molar-refractivity contribution in [2.24, 2.45) is 5.41 Å². The van der Waals surface area contributed by atoms with Crippen molar-refractivity contribution in [3.8, 4) is 0 Å². The largest absolute Gasteiger partial charge is 0.378 e. The van der Waals surface area contributed by atoms with Gasteiger partial charge in [0.15, 0.2) is 0 Å². The van der Waals surface area contributed by atoms with Crippen LogP contribution in [0.25, 0.3) is 0 Å². The lowest BCUT2D eigenvalue weighted by Crippen LogP contribution is -2.50. The van der Waals surface area contributed by atoms with Crippen LogP contribution in [-0.2, 0) is 9.53 Å². The molecule has 0 aromatic carbocycles. The molecule has 4 heteroatoms. The van der Waals surface area contributed by atoms with Gasteiger partial charge >= 0.3 is 0 Å². The second-order valence-corrected chi connectivity index (χ2v) is 5.32. The van der Waals surface area contributed by atoms with E-state index in [1.165, 1.54) is 0 Å². The molecule has 0 spiro atoms. The van der Waals surface area contributed by atoms with Crippen LogP contribution in [0.15, 0.2) is 0 Å². The number of hydrogen-bond donors (Lipinski definition) is 1. The molecule has 94 valence electrons. The van der Waals surface area contributed by atoms with Gasteiger partial charge in [-0.1, -0.05) is 13.8 Å². The first-order chi connectivity index (χ1) is 7.43. The molecule has 1 fully saturated rings. The number of rotatable bonds is 4. The van der Waals surface area contributed by atoms with E-state index in [9.17, 15) is 4.79 Å². The second kappa shape index (κ2) is 5.64. The third-order valence-corrected chi connectivity index (χ3v) is 2.83. The lowest BCUT2D eigenvalue weighted by Gasteiger charge is -2.34. The van der Waals surface area contributed by atoms with Crippen molar-refractivity contribution in [2.45, 2.75) is 33.7 Å². The number of carbonyl (C=O) groups excluding carboxylic acids is 1. The molecule has 1 N–H and O–H groups in total. The van der Waals surface area contributed by atoms with Crippen LogP contribution < -0.4 is 5.32 Å². The Morgan fingerprint density at radius 1 is 1.38 bits per heavy atom. The zero-order chi connectivity index (χ0) is 12.2. The van der Waals surface area contributed by atoms with E-state index in [0.717, 1.165) is 19.6 Å². The monoisotopic (exact) mass is 228 g/mol. The van der Waals surface area contributed by atoms with Gasteiger partial charge in [0, 0.05) is 25.7 Å². The predicted octanol–water partition coefficient (Wildman–Crippen LogP) is 0.869. The maximum atomic E-state index is 12.3. The lowest BCUT2D eigenvalue weighted by molar-refractivity contribution is -0.144. The van der Waals surface area contributed by atoms with Gasteiger partial charge in [-0.25, -0.2) is 0 Å². The highest BCUT2D eigenvalue weighted by atomic mass is 16.5. The second-order valence-electron chi connectivity index (χ2n) is 5.32. The summed E-state index contributed by atoms with van der Waals surface area (Å²) in [5, 5.41) is 3.33. The van der Waals surface area contributed by atoms with Crippen LogP contribution >= 0.6 is 0 Å². The molecule has 0 unspecified atom stereocenters. The van der Waals surface area contributed by atoms with Crippen molar-refractivity contribution in [2.75, 3.05) is 32.8 Å². The molecule has 1 rings (SSSR count). The summed E-state index contributed by atoms with van der Waals surface area (Å²) < 4.78 is 5.25. The van der Waals surface area contributed by atoms with Crippen LogP contribution in [0.2, 0.25) is 0 Å². The van der Waals surface area contributed by atoms with Crippen molar-refractivity contribution in [1.29, 1.82) is 0 Å². The summed E-state index contributed by atoms with van der Waals surface area (Å²) in [5.41, 5.74) is -0.332. The number of morpholine rings is 1. The number of carbonyl (C=O) groups is 1. The lowest BCUT2D eigenvalue weighted by atomic mass is 9.91. The summed E-state index contributed by atoms with van der Waals surface area (Å²) in [5.74, 6) is 0.226. The highest BCUT2D eigenvalue weighted by molar-refractivity contribution is 5.82. The number of ether oxygens (including phenoxy) is 1. The Kier molecular flexibility index (Phi) is 4.74. The fourth-order valence-corrected chi connectivity index (χ4v) is 1.73. The Morgan fingerprint density at radius 3 is 2.44 bits per heavy atom. The van der Waals surface area contributed by atoms with Crippen molar-refractivity contribution in [1.82, 2.24) is 10.2 Å². The molecule has 0 saturated carbocycles. The third-order valence-electron chi connectivity index (χ3n) is 2.83. The van der Waals surface area contributed by atoms with E-state index in [1.54, 1.807) is 0 Å². The van der Waals surface area contributed by atoms with Crippen LogP contribution in [0.1, 0.15) is 27.7 Å². The van der Waals surface area contributed by atoms with Crippen LogP contribution in [-0.4, -0.2) is 49.7 Å². The maximum absolute atomic E-state index is 12.3. The molecule has 1 aliphatic rings. The average Bonchev–Trinajstić information content (AvgIpc) is 2.27. The smallest absolute Gasteiger partial charge is 0.229 e. The van der Waals surface area contributed by atoms with Gasteiger partial charge in [0.2, 0.25) is 5.91 Å². The van der Waals surface area contributed by atoms with Crippen LogP contribution in [0, 0.1) is 5.41 Å². The summed E-state index contributed by atoms with van der Waals surface area (Å²) in [7, 11) is 0. The standard InChI is InChI=1S/C12H24N2O2/c1-10(2)13-9-12(3,4)11(15)14-5-7-16-8-6-14/h10,13H,5-9H2,1-4H3. The van der Waals surface area contributed by atoms with E-state index in [4.69, 9.17) is 4.74 Å². The summed E-state index contributed by atoms with van der Waals surface area (Å²) in [6, 6.07) is 0.414. The van der Waals surface area contributed by atoms with Crippen molar-refractivity contribution >= 4 is 5.91 Å². The summed E-state index contributed by atoms with van der Waals surface area (Å²) in [6.45, 7) is 11.7. The maximum Gasteiger partial charge on any atom is 0.229 e. The Bertz CT molecular complexity index is 233. The van der Waals surface area contributed by atoms with E-state index in [2.05, 4.69) is 19.2 Å². The number of nitrogens with one attached hydrogen (secondary N) is 1. The molecule has 0 aromatic rings. The molecule has 0 atom stereocenters. The van der Waals surface area contributed by atoms with Gasteiger partial charge in [0.05, 0.1) is 18.6 Å². The van der Waals surface area contributed by atoms with Gasteiger partial charge in [-0.15, -0.1) is 0 Å². The molecule has 1 aliphatic heterocycles. The minimum Gasteiger partial charge on any atom is -0.378 e. The average molecular weight is 228 g/mol. The summed E-state index contributed by atoms with van der Waals surface area (Å²) >= 11 is 0. The van der Waals surface area contributed by atoms with Crippen molar-refractivity contribution < 1.29 is 9.53 Å². The Balaban J connectivity index is 2.49. The summed E-state index contributed by atoms with van der Waals surface area (Å²) in [6.07, 6.45) is 0. The third kappa shape index (κ3) is 3.76. The van der Waals surface area contributed by atoms with Crippen LogP contribution in [0.4, 0.5) is 0 Å². The molecule has 0 bridgehead atoms. The molecule has 1 heterocycles. The van der Waals surface area contributed by atoms with Gasteiger partial charge < -0.3 is 15.0 Å². The van der Waals surface area contributed by atoms with Crippen molar-refractivity contribution in [3.05, 3.63) is 0 Å². The predicted molar refractivity (Wildman–Crippen MR) is 64.3 cm³/mol. The van der Waals surface area contributed by atoms with E-state index in [-0.39, 0.29) is 11.3 Å². The summed E-state index contributed by atoms with van der Waals surface area (Å²) in [4.78, 5) is 14.2. The molecule has 4 nitrogen and oxygen atoms in total. The topological polar surface area (TPSA) is 41.6 Å². The number of nitrogens with zero attached hydrogens (tertiary/aromatic N) is 1. The molecular formula is C12H24N2O2. The van der Waals surface area contributed by atoms with Gasteiger partial charge in [-0.05, 0) is 13.8 Å². The molecule has 0 aromatic heterocycles. The van der Waals surface area contributed by atoms with E-state index < -0.39 is 0 Å². The van der Waals surface area contributed by atoms with Gasteiger partial charge in [-0.2, -0.15) is 0 Å². The van der Waals surface area contributed by atoms with Crippen LogP contribution in [0.3, 0.4) is 0 Å². The Hall–Kier alpha value is -0.610. The Morgan fingerprint density at radius 2 is 1.94 bits per heavy atom. The van der Waals surface area contributed by atoms with E-state index in [1.807, 2.05) is 18.7 Å². The first-order valence-electron chi connectivity index (χ1n) is 6.04. The van der Waals surface area contributed by atoms with Gasteiger partial charge in [0.25, 0.3) is 0 Å². The zero-order valence-electron chi connectivity index (χ0n) is 10.9. The fraction of sp³-hybridized carbons (Fsp3) is 0.917. The molecule has 1 saturated heterocycles. The van der Waals surface area contributed by atoms with Crippen LogP contribution in [0.5, 0.6) is 0 Å². The number of amides is 1. The fourth-order valence-electron chi connectivity index (χ4n) is 1.73. The first-order valence-corrected chi connectivity index (χ1v) is 6.04. The normalized spacial score (nSPS) is 17.9. The SMILES string of the molecule is CC(C)NCC(C)(C)C(=O)N1CCOCC1. The highest BCUT2D eigenvalue weighted by Crippen LogP contribution is 2.18. The molecule has 0 radical (unpaired) electrons. The van der Waals surface area contributed by atoms with Gasteiger partial charge in [-0.3, -0.25) is 4.79 Å². The van der Waals surface area contributed by atoms with E-state index in [0.29, 0.717) is 19.3 Å². The van der Waals surface area contributed by atoms with Gasteiger partial charge in [0.1, 0.15) is 0 Å². The molecular weight excluding hydrogens is 204 g/mol. The number of hydrogen-bond acceptors (Lipinski definition) is 3. The molecule has 1 amide bonds. The molecule has 0 aliphatic carbocycles. The quantitative estimate of drug-likeness (QED) is 0.776. The minimum absolute atomic E-state index is 0.226. The Labute approximate surface area is 98.3 Å². The molecule has 16 heavy (non-hydrogen) atoms. The minimum atomic E-state index is -0.332. The highest BCUT2D eigenvalue weighted by Gasteiger charge is 2.32. The first kappa shape index (κ1) is 13.5.